The minimum atomic E-state index is -0.352. The van der Waals surface area contributed by atoms with Gasteiger partial charge in [-0.2, -0.15) is 0 Å². The molecule has 0 N–H and O–H groups in total. The summed E-state index contributed by atoms with van der Waals surface area (Å²) in [4.78, 5) is 20.2. The maximum absolute atomic E-state index is 11.6. The summed E-state index contributed by atoms with van der Waals surface area (Å²) in [5.74, 6) is -0.0449. The zero-order valence-electron chi connectivity index (χ0n) is 10.3. The van der Waals surface area contributed by atoms with Crippen LogP contribution in [0.5, 0.6) is 0 Å². The Labute approximate surface area is 96.1 Å². The molecule has 0 bridgehead atoms. The van der Waals surface area contributed by atoms with E-state index in [4.69, 9.17) is 4.74 Å². The molecule has 0 aliphatic heterocycles. The predicted octanol–water partition coefficient (Wildman–Crippen LogP) is 2.01. The first-order valence-electron chi connectivity index (χ1n) is 5.54. The molecule has 1 aromatic heterocycles. The molecule has 0 fully saturated rings. The number of aromatic nitrogens is 2. The molecule has 0 aliphatic carbocycles. The Hall–Kier alpha value is -1.45. The maximum Gasteiger partial charge on any atom is 0.316 e. The highest BCUT2D eigenvalue weighted by molar-refractivity contribution is 5.76. The third-order valence-corrected chi connectivity index (χ3v) is 2.49. The lowest BCUT2D eigenvalue weighted by Crippen LogP contribution is -2.17. The Morgan fingerprint density at radius 3 is 2.62 bits per heavy atom. The molecule has 0 radical (unpaired) electrons. The minimum Gasteiger partial charge on any atom is -0.468 e. The van der Waals surface area contributed by atoms with Crippen LogP contribution in [0.2, 0.25) is 0 Å². The van der Waals surface area contributed by atoms with Gasteiger partial charge < -0.3 is 4.74 Å². The van der Waals surface area contributed by atoms with Gasteiger partial charge >= 0.3 is 5.97 Å². The Bertz CT molecular complexity index is 377. The van der Waals surface area contributed by atoms with Crippen LogP contribution < -0.4 is 0 Å². The molecule has 1 heterocycles. The van der Waals surface area contributed by atoms with E-state index < -0.39 is 0 Å². The number of carbonyl (C=O) groups excluding carboxylic acids is 1. The molecule has 16 heavy (non-hydrogen) atoms. The lowest BCUT2D eigenvalue weighted by Gasteiger charge is -2.12. The molecule has 0 aromatic carbocycles. The van der Waals surface area contributed by atoms with Gasteiger partial charge in [-0.25, -0.2) is 9.97 Å². The van der Waals surface area contributed by atoms with Gasteiger partial charge in [0.25, 0.3) is 0 Å². The average molecular weight is 222 g/mol. The fourth-order valence-corrected chi connectivity index (χ4v) is 1.59. The largest absolute Gasteiger partial charge is 0.468 e. The van der Waals surface area contributed by atoms with Crippen LogP contribution in [0.25, 0.3) is 0 Å². The van der Waals surface area contributed by atoms with Crippen LogP contribution in [0.15, 0.2) is 6.07 Å². The Kier molecular flexibility index (Phi) is 4.40. The summed E-state index contributed by atoms with van der Waals surface area (Å²) in [5, 5.41) is 0. The third-order valence-electron chi connectivity index (χ3n) is 2.49. The van der Waals surface area contributed by atoms with Gasteiger partial charge in [0.2, 0.25) is 0 Å². The van der Waals surface area contributed by atoms with Crippen molar-refractivity contribution >= 4 is 5.97 Å². The number of ether oxygens (including phenoxy) is 1. The van der Waals surface area contributed by atoms with Crippen LogP contribution in [0.3, 0.4) is 0 Å². The van der Waals surface area contributed by atoms with Crippen LogP contribution in [0.1, 0.15) is 43.4 Å². The van der Waals surface area contributed by atoms with Crippen molar-refractivity contribution in [1.29, 1.82) is 0 Å². The van der Waals surface area contributed by atoms with E-state index in [1.54, 1.807) is 0 Å². The minimum absolute atomic E-state index is 0.268. The highest BCUT2D eigenvalue weighted by Crippen LogP contribution is 2.18. The van der Waals surface area contributed by atoms with Crippen LogP contribution in [-0.2, 0) is 16.0 Å². The molecule has 1 atom stereocenters. The molecule has 0 saturated carbocycles. The molecule has 1 aromatic rings. The van der Waals surface area contributed by atoms with E-state index in [9.17, 15) is 4.79 Å². The van der Waals surface area contributed by atoms with Gasteiger partial charge in [-0.15, -0.1) is 0 Å². The topological polar surface area (TPSA) is 52.1 Å². The summed E-state index contributed by atoms with van der Waals surface area (Å²) in [6, 6.07) is 1.94. The quantitative estimate of drug-likeness (QED) is 0.731. The van der Waals surface area contributed by atoms with Crippen molar-refractivity contribution in [3.63, 3.8) is 0 Å². The summed E-state index contributed by atoms with van der Waals surface area (Å²) < 4.78 is 4.75. The maximum atomic E-state index is 11.6. The average Bonchev–Trinajstić information content (AvgIpc) is 2.29. The number of carbonyl (C=O) groups is 1. The SMILES string of the molecule is CCc1cc(C)nc(C(CC)C(=O)OC)n1. The van der Waals surface area contributed by atoms with Gasteiger partial charge in [0.05, 0.1) is 7.11 Å². The lowest BCUT2D eigenvalue weighted by atomic mass is 10.1. The molecule has 4 nitrogen and oxygen atoms in total. The molecule has 1 rings (SSSR count). The van der Waals surface area contributed by atoms with E-state index in [-0.39, 0.29) is 11.9 Å². The third kappa shape index (κ3) is 2.78. The number of aryl methyl sites for hydroxylation is 2. The van der Waals surface area contributed by atoms with Gasteiger partial charge in [0.15, 0.2) is 0 Å². The summed E-state index contributed by atoms with van der Waals surface area (Å²) in [6.45, 7) is 5.87. The van der Waals surface area contributed by atoms with Crippen molar-refractivity contribution in [1.82, 2.24) is 9.97 Å². The fourth-order valence-electron chi connectivity index (χ4n) is 1.59. The van der Waals surface area contributed by atoms with Gasteiger partial charge in [0, 0.05) is 11.4 Å². The second-order valence-corrected chi connectivity index (χ2v) is 3.70. The number of rotatable bonds is 4. The molecule has 88 valence electrons. The van der Waals surface area contributed by atoms with Crippen LogP contribution in [-0.4, -0.2) is 23.0 Å². The van der Waals surface area contributed by atoms with Crippen LogP contribution >= 0.6 is 0 Å². The van der Waals surface area contributed by atoms with Gasteiger partial charge in [-0.3, -0.25) is 4.79 Å². The predicted molar refractivity (Wildman–Crippen MR) is 61.2 cm³/mol. The zero-order valence-corrected chi connectivity index (χ0v) is 10.3. The van der Waals surface area contributed by atoms with Crippen molar-refractivity contribution in [3.8, 4) is 0 Å². The monoisotopic (exact) mass is 222 g/mol. The first-order valence-corrected chi connectivity index (χ1v) is 5.54. The lowest BCUT2D eigenvalue weighted by molar-refractivity contribution is -0.142. The highest BCUT2D eigenvalue weighted by Gasteiger charge is 2.22. The molecule has 0 saturated heterocycles. The molecule has 0 aliphatic rings. The van der Waals surface area contributed by atoms with Gasteiger partial charge in [-0.1, -0.05) is 13.8 Å². The van der Waals surface area contributed by atoms with Gasteiger partial charge in [-0.05, 0) is 25.8 Å². The van der Waals surface area contributed by atoms with E-state index >= 15 is 0 Å². The van der Waals surface area contributed by atoms with Crippen molar-refractivity contribution in [2.24, 2.45) is 0 Å². The fraction of sp³-hybridized carbons (Fsp3) is 0.583. The number of methoxy groups -OCH3 is 1. The second-order valence-electron chi connectivity index (χ2n) is 3.70. The summed E-state index contributed by atoms with van der Waals surface area (Å²) in [5.41, 5.74) is 1.86. The zero-order chi connectivity index (χ0) is 12.1. The van der Waals surface area contributed by atoms with E-state index in [2.05, 4.69) is 9.97 Å². The van der Waals surface area contributed by atoms with E-state index in [1.165, 1.54) is 7.11 Å². The number of nitrogens with zero attached hydrogens (tertiary/aromatic N) is 2. The molecule has 4 heteroatoms. The molecular weight excluding hydrogens is 204 g/mol. The summed E-state index contributed by atoms with van der Waals surface area (Å²) in [6.07, 6.45) is 1.49. The first kappa shape index (κ1) is 12.6. The van der Waals surface area contributed by atoms with E-state index in [0.29, 0.717) is 12.2 Å². The number of hydrogen-bond donors (Lipinski definition) is 0. The Morgan fingerprint density at radius 2 is 2.12 bits per heavy atom. The molecule has 0 spiro atoms. The smallest absolute Gasteiger partial charge is 0.316 e. The van der Waals surface area contributed by atoms with Crippen molar-refractivity contribution in [2.75, 3.05) is 7.11 Å². The Balaban J connectivity index is 3.09. The Morgan fingerprint density at radius 1 is 1.44 bits per heavy atom. The van der Waals surface area contributed by atoms with Crippen molar-refractivity contribution in [3.05, 3.63) is 23.3 Å². The standard InChI is InChI=1S/C12H18N2O2/c1-5-9-7-8(3)13-11(14-9)10(6-2)12(15)16-4/h7,10H,5-6H2,1-4H3. The first-order chi connectivity index (χ1) is 7.62. The normalized spacial score (nSPS) is 12.2. The second kappa shape index (κ2) is 5.58. The number of esters is 1. The molecular formula is C12H18N2O2. The van der Waals surface area contributed by atoms with Gasteiger partial charge in [0.1, 0.15) is 11.7 Å². The van der Waals surface area contributed by atoms with Crippen molar-refractivity contribution < 1.29 is 9.53 Å². The summed E-state index contributed by atoms with van der Waals surface area (Å²) >= 11 is 0. The molecule has 0 amide bonds. The van der Waals surface area contributed by atoms with Crippen LogP contribution in [0.4, 0.5) is 0 Å². The van der Waals surface area contributed by atoms with E-state index in [1.807, 2.05) is 26.8 Å². The number of hydrogen-bond acceptors (Lipinski definition) is 4. The van der Waals surface area contributed by atoms with E-state index in [0.717, 1.165) is 17.8 Å². The van der Waals surface area contributed by atoms with Crippen LogP contribution in [0, 0.1) is 6.92 Å². The highest BCUT2D eigenvalue weighted by atomic mass is 16.5. The summed E-state index contributed by atoms with van der Waals surface area (Å²) in [7, 11) is 1.39. The molecule has 1 unspecified atom stereocenters. The van der Waals surface area contributed by atoms with Crippen molar-refractivity contribution in [2.45, 2.75) is 39.5 Å².